The van der Waals surface area contributed by atoms with E-state index in [2.05, 4.69) is 32.0 Å². The van der Waals surface area contributed by atoms with Gasteiger partial charge in [-0.25, -0.2) is 4.98 Å². The number of nitrogens with zero attached hydrogens (tertiary/aromatic N) is 3. The van der Waals surface area contributed by atoms with Gasteiger partial charge in [0.05, 0.1) is 28.4 Å². The molecule has 2 heterocycles. The number of hydrogen-bond donors (Lipinski definition) is 2. The van der Waals surface area contributed by atoms with Gasteiger partial charge in [-0.3, -0.25) is 4.40 Å². The van der Waals surface area contributed by atoms with E-state index in [-0.39, 0.29) is 0 Å². The molecule has 1 aromatic carbocycles. The summed E-state index contributed by atoms with van der Waals surface area (Å²) in [6, 6.07) is 7.53. The number of nitrogens with one attached hydrogen (secondary N) is 1. The van der Waals surface area contributed by atoms with Crippen LogP contribution in [0.25, 0.3) is 16.8 Å². The molecule has 0 aliphatic carbocycles. The van der Waals surface area contributed by atoms with Crippen molar-refractivity contribution in [1.29, 1.82) is 5.26 Å². The minimum Gasteiger partial charge on any atom is -0.325 e. The second kappa shape index (κ2) is 3.58. The molecule has 17 heavy (non-hydrogen) atoms. The molecule has 84 valence electrons. The van der Waals surface area contributed by atoms with Crippen molar-refractivity contribution in [2.75, 3.05) is 0 Å². The number of nitriles is 1. The first-order valence-electron chi connectivity index (χ1n) is 5.03. The Bertz CT molecular complexity index is 761. The quantitative estimate of drug-likeness (QED) is 0.718. The van der Waals surface area contributed by atoms with Crippen LogP contribution in [0.5, 0.6) is 0 Å². The maximum atomic E-state index is 8.91. The number of hydrogen-bond acceptors (Lipinski definition) is 3. The summed E-state index contributed by atoms with van der Waals surface area (Å²) in [5.41, 5.74) is 8.86. The summed E-state index contributed by atoms with van der Waals surface area (Å²) in [4.78, 5) is 7.57. The molecule has 3 N–H and O–H groups in total. The normalized spacial score (nSPS) is 11.1. The molecule has 5 nitrogen and oxygen atoms in total. The van der Waals surface area contributed by atoms with Gasteiger partial charge in [0.2, 0.25) is 5.78 Å². The molecule has 0 unspecified atom stereocenters. The maximum Gasteiger partial charge on any atom is 0.213 e. The molecule has 0 spiro atoms. The molecular formula is C11H8BrN5. The number of H-pyrrole nitrogens is 1. The molecule has 0 bridgehead atoms. The number of fused-ring (bicyclic) bond motifs is 3. The van der Waals surface area contributed by atoms with Gasteiger partial charge in [-0.15, -0.1) is 0 Å². The van der Waals surface area contributed by atoms with Gasteiger partial charge in [0.1, 0.15) is 4.60 Å². The third kappa shape index (κ3) is 1.37. The number of nitrogens with two attached hydrogens (primary N) is 1. The van der Waals surface area contributed by atoms with Crippen molar-refractivity contribution in [3.8, 4) is 6.07 Å². The van der Waals surface area contributed by atoms with Gasteiger partial charge in [0, 0.05) is 6.54 Å². The van der Waals surface area contributed by atoms with E-state index in [0.29, 0.717) is 12.1 Å². The lowest BCUT2D eigenvalue weighted by molar-refractivity contribution is 1.00. The Morgan fingerprint density at radius 2 is 2.35 bits per heavy atom. The number of aromatic nitrogens is 3. The number of benzene rings is 1. The molecule has 0 atom stereocenters. The number of rotatable bonds is 1. The van der Waals surface area contributed by atoms with E-state index >= 15 is 0 Å². The van der Waals surface area contributed by atoms with Crippen molar-refractivity contribution in [3.05, 3.63) is 34.1 Å². The summed E-state index contributed by atoms with van der Waals surface area (Å²) in [6.45, 7) is 0.406. The highest BCUT2D eigenvalue weighted by atomic mass is 79.9. The molecule has 0 amide bonds. The average Bonchev–Trinajstić information content (AvgIpc) is 2.85. The molecule has 0 fully saturated rings. The first-order chi connectivity index (χ1) is 8.24. The van der Waals surface area contributed by atoms with Gasteiger partial charge >= 0.3 is 0 Å². The highest BCUT2D eigenvalue weighted by Gasteiger charge is 2.13. The predicted molar refractivity (Wildman–Crippen MR) is 67.4 cm³/mol. The Labute approximate surface area is 105 Å². The van der Waals surface area contributed by atoms with Gasteiger partial charge in [-0.05, 0) is 34.1 Å². The topological polar surface area (TPSA) is 82.9 Å². The molecular weight excluding hydrogens is 282 g/mol. The van der Waals surface area contributed by atoms with E-state index in [1.165, 1.54) is 0 Å². The van der Waals surface area contributed by atoms with Crippen LogP contribution in [0.2, 0.25) is 0 Å². The predicted octanol–water partition coefficient (Wildman–Crippen LogP) is 1.91. The molecule has 2 aromatic heterocycles. The van der Waals surface area contributed by atoms with Crippen molar-refractivity contribution < 1.29 is 0 Å². The van der Waals surface area contributed by atoms with Crippen LogP contribution >= 0.6 is 15.9 Å². The Hall–Kier alpha value is -1.84. The molecule has 0 radical (unpaired) electrons. The third-order valence-corrected chi connectivity index (χ3v) is 3.53. The zero-order chi connectivity index (χ0) is 12.0. The van der Waals surface area contributed by atoms with Crippen molar-refractivity contribution in [1.82, 2.24) is 14.4 Å². The van der Waals surface area contributed by atoms with E-state index in [1.807, 2.05) is 16.5 Å². The Morgan fingerprint density at radius 3 is 3.06 bits per heavy atom. The second-order valence-corrected chi connectivity index (χ2v) is 4.44. The van der Waals surface area contributed by atoms with E-state index < -0.39 is 0 Å². The van der Waals surface area contributed by atoms with Crippen LogP contribution in [0.15, 0.2) is 22.8 Å². The molecule has 3 rings (SSSR count). The standard InChI is InChI=1S/C11H8BrN5/c12-10-8(5-14)16-11-15-7-2-1-6(4-13)3-9(7)17(10)11/h1-3H,5,14H2,(H,15,16). The number of aromatic amines is 1. The summed E-state index contributed by atoms with van der Waals surface area (Å²) >= 11 is 3.49. The smallest absolute Gasteiger partial charge is 0.213 e. The van der Waals surface area contributed by atoms with Crippen LogP contribution < -0.4 is 5.73 Å². The average molecular weight is 290 g/mol. The highest BCUT2D eigenvalue weighted by molar-refractivity contribution is 9.10. The van der Waals surface area contributed by atoms with Crippen LogP contribution in [-0.2, 0) is 6.54 Å². The molecule has 0 saturated heterocycles. The van der Waals surface area contributed by atoms with Crippen molar-refractivity contribution in [3.63, 3.8) is 0 Å². The Morgan fingerprint density at radius 1 is 1.53 bits per heavy atom. The van der Waals surface area contributed by atoms with Crippen LogP contribution in [0, 0.1) is 11.3 Å². The van der Waals surface area contributed by atoms with E-state index in [1.54, 1.807) is 6.07 Å². The van der Waals surface area contributed by atoms with Gasteiger partial charge < -0.3 is 10.7 Å². The summed E-state index contributed by atoms with van der Waals surface area (Å²) < 4.78 is 2.77. The molecule has 0 aliphatic rings. The van der Waals surface area contributed by atoms with Gasteiger partial charge in [0.25, 0.3) is 0 Å². The van der Waals surface area contributed by atoms with Gasteiger partial charge in [-0.2, -0.15) is 5.26 Å². The summed E-state index contributed by atoms with van der Waals surface area (Å²) in [6.07, 6.45) is 0. The van der Waals surface area contributed by atoms with Crippen molar-refractivity contribution >= 4 is 32.7 Å². The van der Waals surface area contributed by atoms with Crippen LogP contribution in [-0.4, -0.2) is 14.4 Å². The van der Waals surface area contributed by atoms with E-state index in [9.17, 15) is 0 Å². The van der Waals surface area contributed by atoms with E-state index in [0.717, 1.165) is 27.1 Å². The van der Waals surface area contributed by atoms with Crippen LogP contribution in [0.1, 0.15) is 11.3 Å². The molecule has 3 aromatic rings. The largest absolute Gasteiger partial charge is 0.325 e. The molecule has 0 saturated carbocycles. The van der Waals surface area contributed by atoms with Crippen molar-refractivity contribution in [2.24, 2.45) is 5.73 Å². The molecule has 6 heteroatoms. The van der Waals surface area contributed by atoms with E-state index in [4.69, 9.17) is 11.0 Å². The summed E-state index contributed by atoms with van der Waals surface area (Å²) in [7, 11) is 0. The third-order valence-electron chi connectivity index (χ3n) is 2.70. The monoisotopic (exact) mass is 289 g/mol. The van der Waals surface area contributed by atoms with Gasteiger partial charge in [-0.1, -0.05) is 0 Å². The minimum absolute atomic E-state index is 0.406. The number of halogens is 1. The highest BCUT2D eigenvalue weighted by Crippen LogP contribution is 2.25. The van der Waals surface area contributed by atoms with Crippen LogP contribution in [0.3, 0.4) is 0 Å². The lowest BCUT2D eigenvalue weighted by Gasteiger charge is -1.95. The lowest BCUT2D eigenvalue weighted by Crippen LogP contribution is -1.97. The van der Waals surface area contributed by atoms with Crippen LogP contribution in [0.4, 0.5) is 0 Å². The number of imidazole rings is 2. The fraction of sp³-hybridized carbons (Fsp3) is 0.0909. The fourth-order valence-corrected chi connectivity index (χ4v) is 2.50. The lowest BCUT2D eigenvalue weighted by atomic mass is 10.2. The Kier molecular flexibility index (Phi) is 2.18. The zero-order valence-corrected chi connectivity index (χ0v) is 10.3. The Balaban J connectivity index is 2.46. The zero-order valence-electron chi connectivity index (χ0n) is 8.74. The first kappa shape index (κ1) is 10.3. The summed E-state index contributed by atoms with van der Waals surface area (Å²) in [5, 5.41) is 8.91. The summed E-state index contributed by atoms with van der Waals surface area (Å²) in [5.74, 6) is 0.724. The maximum absolute atomic E-state index is 8.91. The SMILES string of the molecule is N#Cc1ccc2nc3[nH]c(CN)c(Br)n3c2c1. The fourth-order valence-electron chi connectivity index (χ4n) is 1.88. The van der Waals surface area contributed by atoms with Gasteiger partial charge in [0.15, 0.2) is 0 Å². The first-order valence-corrected chi connectivity index (χ1v) is 5.82. The van der Waals surface area contributed by atoms with Crippen molar-refractivity contribution in [2.45, 2.75) is 6.54 Å². The second-order valence-electron chi connectivity index (χ2n) is 3.68. The molecule has 0 aliphatic heterocycles. The minimum atomic E-state index is 0.406.